The molecule has 0 atom stereocenters. The fraction of sp³-hybridized carbons (Fsp3) is 0.304. The van der Waals surface area contributed by atoms with E-state index in [1.165, 1.54) is 13.1 Å². The van der Waals surface area contributed by atoms with Crippen LogP contribution in [0.2, 0.25) is 0 Å². The van der Waals surface area contributed by atoms with E-state index in [4.69, 9.17) is 4.74 Å². The van der Waals surface area contributed by atoms with Crippen LogP contribution in [0.3, 0.4) is 0 Å². The molecule has 0 saturated carbocycles. The molecule has 0 aromatic carbocycles. The summed E-state index contributed by atoms with van der Waals surface area (Å²) in [4.78, 5) is 42.6. The van der Waals surface area contributed by atoms with Crippen molar-refractivity contribution in [1.29, 1.82) is 0 Å². The summed E-state index contributed by atoms with van der Waals surface area (Å²) < 4.78 is 8.56. The molecule has 0 unspecified atom stereocenters. The Morgan fingerprint density at radius 3 is 2.62 bits per heavy atom. The summed E-state index contributed by atoms with van der Waals surface area (Å²) >= 11 is 1.05. The lowest BCUT2D eigenvalue weighted by atomic mass is 10.1. The molecule has 0 saturated heterocycles. The molecule has 0 spiro atoms. The number of hydrogen-bond acceptors (Lipinski definition) is 8. The first-order valence-corrected chi connectivity index (χ1v) is 11.6. The number of rotatable bonds is 7. The zero-order chi connectivity index (χ0) is 24.6. The minimum Gasteiger partial charge on any atom is -0.462 e. The van der Waals surface area contributed by atoms with E-state index in [2.05, 4.69) is 20.5 Å². The third kappa shape index (κ3) is 3.98. The minimum atomic E-state index is -0.595. The first-order chi connectivity index (χ1) is 16.3. The fourth-order valence-electron chi connectivity index (χ4n) is 3.74. The smallest absolute Gasteiger partial charge is 0.341 e. The lowest BCUT2D eigenvalue weighted by Crippen LogP contribution is -2.15. The number of aryl methyl sites for hydroxylation is 2. The minimum absolute atomic E-state index is 0.172. The van der Waals surface area contributed by atoms with Crippen molar-refractivity contribution in [2.45, 2.75) is 41.2 Å². The monoisotopic (exact) mass is 480 g/mol. The van der Waals surface area contributed by atoms with E-state index in [-0.39, 0.29) is 28.5 Å². The van der Waals surface area contributed by atoms with Gasteiger partial charge in [-0.1, -0.05) is 0 Å². The Hall–Kier alpha value is -3.86. The van der Waals surface area contributed by atoms with Gasteiger partial charge in [0.2, 0.25) is 0 Å². The molecule has 176 valence electrons. The topological polar surface area (TPSA) is 120 Å². The van der Waals surface area contributed by atoms with E-state index in [0.29, 0.717) is 16.1 Å². The predicted molar refractivity (Wildman–Crippen MR) is 128 cm³/mol. The van der Waals surface area contributed by atoms with Crippen LogP contribution < -0.4 is 5.32 Å². The van der Waals surface area contributed by atoms with Crippen molar-refractivity contribution in [2.75, 3.05) is 11.9 Å². The zero-order valence-electron chi connectivity index (χ0n) is 19.5. The molecule has 4 heterocycles. The molecule has 1 N–H and O–H groups in total. The quantitative estimate of drug-likeness (QED) is 0.314. The van der Waals surface area contributed by atoms with Crippen molar-refractivity contribution in [3.05, 3.63) is 51.9 Å². The summed E-state index contributed by atoms with van der Waals surface area (Å²) in [6.45, 7) is 9.59. The first kappa shape index (κ1) is 23.3. The molecule has 34 heavy (non-hydrogen) atoms. The maximum atomic E-state index is 13.2. The van der Waals surface area contributed by atoms with Gasteiger partial charge in [-0.2, -0.15) is 10.2 Å². The summed E-state index contributed by atoms with van der Waals surface area (Å²) in [6, 6.07) is 1.81. The number of amides is 1. The van der Waals surface area contributed by atoms with Crippen LogP contribution in [-0.2, 0) is 11.3 Å². The van der Waals surface area contributed by atoms with Crippen molar-refractivity contribution >= 4 is 39.6 Å². The number of Topliss-reactive ketones (excluding diaryl/α,β-unsaturated/α-hetero) is 1. The standard InChI is InChI=1S/C23H24N6O4S/c1-6-28-11-16(13(4)27-28)17-8-9-24-20-15(10-25-29(17)20)21(31)26-22-18(23(32)33-7-2)12(3)19(34-22)14(5)30/h8-11H,6-7H2,1-5H3,(H,26,31). The average molecular weight is 481 g/mol. The van der Waals surface area contributed by atoms with E-state index >= 15 is 0 Å². The highest BCUT2D eigenvalue weighted by Crippen LogP contribution is 2.34. The van der Waals surface area contributed by atoms with Gasteiger partial charge in [-0.15, -0.1) is 11.3 Å². The average Bonchev–Trinajstić information content (AvgIpc) is 3.48. The van der Waals surface area contributed by atoms with Crippen molar-refractivity contribution in [3.8, 4) is 11.3 Å². The number of fused-ring (bicyclic) bond motifs is 1. The molecule has 4 aromatic heterocycles. The number of ketones is 1. The Kier molecular flexibility index (Phi) is 6.29. The fourth-order valence-corrected chi connectivity index (χ4v) is 4.83. The molecule has 0 radical (unpaired) electrons. The van der Waals surface area contributed by atoms with Crippen LogP contribution in [0.1, 0.15) is 62.4 Å². The highest BCUT2D eigenvalue weighted by molar-refractivity contribution is 7.18. The van der Waals surface area contributed by atoms with Gasteiger partial charge < -0.3 is 10.1 Å². The Bertz CT molecular complexity index is 1430. The Morgan fingerprint density at radius 2 is 1.97 bits per heavy atom. The Labute approximate surface area is 199 Å². The van der Waals surface area contributed by atoms with Crippen LogP contribution in [0.5, 0.6) is 0 Å². The normalized spacial score (nSPS) is 11.1. The van der Waals surface area contributed by atoms with Crippen LogP contribution in [0.15, 0.2) is 24.7 Å². The predicted octanol–water partition coefficient (Wildman–Crippen LogP) is 3.92. The lowest BCUT2D eigenvalue weighted by molar-refractivity contribution is 0.0527. The molecular weight excluding hydrogens is 456 g/mol. The highest BCUT2D eigenvalue weighted by Gasteiger charge is 2.27. The SMILES string of the molecule is CCOC(=O)c1c(NC(=O)c2cnn3c(-c4cn(CC)nc4C)ccnc23)sc(C(C)=O)c1C. The number of thiophene rings is 1. The van der Waals surface area contributed by atoms with Gasteiger partial charge in [-0.3, -0.25) is 14.3 Å². The number of hydrogen-bond donors (Lipinski definition) is 1. The number of carbonyl (C=O) groups excluding carboxylic acids is 3. The summed E-state index contributed by atoms with van der Waals surface area (Å²) in [5, 5.41) is 11.9. The van der Waals surface area contributed by atoms with E-state index < -0.39 is 11.9 Å². The van der Waals surface area contributed by atoms with Gasteiger partial charge in [-0.05, 0) is 46.2 Å². The van der Waals surface area contributed by atoms with Gasteiger partial charge in [0.1, 0.15) is 10.6 Å². The number of anilines is 1. The highest BCUT2D eigenvalue weighted by atomic mass is 32.1. The van der Waals surface area contributed by atoms with Crippen molar-refractivity contribution in [3.63, 3.8) is 0 Å². The second kappa shape index (κ2) is 9.18. The van der Waals surface area contributed by atoms with Gasteiger partial charge >= 0.3 is 5.97 Å². The van der Waals surface area contributed by atoms with Crippen LogP contribution in [0, 0.1) is 13.8 Å². The molecule has 0 aliphatic rings. The summed E-state index contributed by atoms with van der Waals surface area (Å²) in [5.41, 5.74) is 3.71. The maximum Gasteiger partial charge on any atom is 0.341 e. The molecule has 1 amide bonds. The number of ether oxygens (including phenoxy) is 1. The molecule has 0 aliphatic heterocycles. The van der Waals surface area contributed by atoms with Gasteiger partial charge in [0.25, 0.3) is 5.91 Å². The van der Waals surface area contributed by atoms with Crippen LogP contribution in [-0.4, -0.2) is 48.6 Å². The number of aromatic nitrogens is 5. The van der Waals surface area contributed by atoms with Crippen LogP contribution in [0.25, 0.3) is 16.9 Å². The van der Waals surface area contributed by atoms with Crippen LogP contribution in [0.4, 0.5) is 5.00 Å². The largest absolute Gasteiger partial charge is 0.462 e. The van der Waals surface area contributed by atoms with Crippen molar-refractivity contribution < 1.29 is 19.1 Å². The second-order valence-electron chi connectivity index (χ2n) is 7.60. The second-order valence-corrected chi connectivity index (χ2v) is 8.62. The van der Waals surface area contributed by atoms with Gasteiger partial charge in [0.05, 0.1) is 34.6 Å². The number of nitrogens with one attached hydrogen (secondary N) is 1. The van der Waals surface area contributed by atoms with E-state index in [9.17, 15) is 14.4 Å². The molecule has 11 heteroatoms. The summed E-state index contributed by atoms with van der Waals surface area (Å²) in [6.07, 6.45) is 4.96. The summed E-state index contributed by atoms with van der Waals surface area (Å²) in [5.74, 6) is -1.29. The van der Waals surface area contributed by atoms with Crippen LogP contribution >= 0.6 is 11.3 Å². The first-order valence-electron chi connectivity index (χ1n) is 10.8. The van der Waals surface area contributed by atoms with E-state index in [0.717, 1.165) is 34.8 Å². The van der Waals surface area contributed by atoms with Gasteiger partial charge in [-0.25, -0.2) is 14.3 Å². The van der Waals surface area contributed by atoms with Gasteiger partial charge in [0, 0.05) is 24.5 Å². The Balaban J connectivity index is 1.74. The molecule has 0 aliphatic carbocycles. The maximum absolute atomic E-state index is 13.2. The summed E-state index contributed by atoms with van der Waals surface area (Å²) in [7, 11) is 0. The third-order valence-electron chi connectivity index (χ3n) is 5.37. The van der Waals surface area contributed by atoms with E-state index in [1.807, 2.05) is 30.8 Å². The molecule has 10 nitrogen and oxygen atoms in total. The number of carbonyl (C=O) groups is 3. The molecule has 0 fully saturated rings. The lowest BCUT2D eigenvalue weighted by Gasteiger charge is -2.07. The van der Waals surface area contributed by atoms with Crippen molar-refractivity contribution in [2.24, 2.45) is 0 Å². The molecule has 4 rings (SSSR count). The van der Waals surface area contributed by atoms with E-state index in [1.54, 1.807) is 24.6 Å². The Morgan fingerprint density at radius 1 is 1.21 bits per heavy atom. The number of nitrogens with zero attached hydrogens (tertiary/aromatic N) is 5. The molecule has 0 bridgehead atoms. The molecule has 4 aromatic rings. The number of esters is 1. The third-order valence-corrected chi connectivity index (χ3v) is 6.67. The molecular formula is C23H24N6O4S. The van der Waals surface area contributed by atoms with Crippen molar-refractivity contribution in [1.82, 2.24) is 24.4 Å². The van der Waals surface area contributed by atoms with Gasteiger partial charge in [0.15, 0.2) is 11.4 Å². The zero-order valence-corrected chi connectivity index (χ0v) is 20.3.